The van der Waals surface area contributed by atoms with Crippen molar-refractivity contribution in [3.63, 3.8) is 0 Å². The van der Waals surface area contributed by atoms with E-state index < -0.39 is 0 Å². The summed E-state index contributed by atoms with van der Waals surface area (Å²) < 4.78 is 12.8. The smallest absolute Gasteiger partial charge is 0.100 e. The minimum absolute atomic E-state index is 0.152. The number of hydrogen-bond donors (Lipinski definition) is 0. The van der Waals surface area contributed by atoms with E-state index in [0.717, 1.165) is 12.2 Å². The summed E-state index contributed by atoms with van der Waals surface area (Å²) >= 11 is 0. The van der Waals surface area contributed by atoms with E-state index in [1.54, 1.807) is 0 Å². The summed E-state index contributed by atoms with van der Waals surface area (Å²) in [6.45, 7) is 7.17. The standard InChI is InChI=1S/C11H18N2O2/c1-9(2)11-3-4-13(12-11)7-10-8-14-5-6-15-10/h3-4,9-10H,5-8H2,1-2H3. The molecule has 84 valence electrons. The van der Waals surface area contributed by atoms with Gasteiger partial charge in [-0.3, -0.25) is 4.68 Å². The molecule has 0 saturated carbocycles. The van der Waals surface area contributed by atoms with Crippen molar-refractivity contribution in [3.05, 3.63) is 18.0 Å². The highest BCUT2D eigenvalue weighted by Crippen LogP contribution is 2.11. The first-order chi connectivity index (χ1) is 7.25. The second-order valence-electron chi connectivity index (χ2n) is 4.19. The van der Waals surface area contributed by atoms with Gasteiger partial charge in [-0.1, -0.05) is 13.8 Å². The molecule has 4 nitrogen and oxygen atoms in total. The monoisotopic (exact) mass is 210 g/mol. The summed E-state index contributed by atoms with van der Waals surface area (Å²) in [7, 11) is 0. The zero-order valence-electron chi connectivity index (χ0n) is 9.35. The molecule has 2 heterocycles. The molecule has 1 aliphatic heterocycles. The second kappa shape index (κ2) is 4.77. The topological polar surface area (TPSA) is 36.3 Å². The molecule has 1 aromatic heterocycles. The van der Waals surface area contributed by atoms with Crippen LogP contribution in [0, 0.1) is 0 Å². The highest BCUT2D eigenvalue weighted by molar-refractivity contribution is 5.03. The summed E-state index contributed by atoms with van der Waals surface area (Å²) in [5, 5.41) is 4.48. The lowest BCUT2D eigenvalue weighted by atomic mass is 10.1. The summed E-state index contributed by atoms with van der Waals surface area (Å²) in [5.41, 5.74) is 1.13. The third kappa shape index (κ3) is 2.79. The van der Waals surface area contributed by atoms with Crippen LogP contribution < -0.4 is 0 Å². The predicted molar refractivity (Wildman–Crippen MR) is 56.9 cm³/mol. The van der Waals surface area contributed by atoms with Gasteiger partial charge in [0.25, 0.3) is 0 Å². The van der Waals surface area contributed by atoms with E-state index in [4.69, 9.17) is 9.47 Å². The van der Waals surface area contributed by atoms with E-state index in [1.165, 1.54) is 0 Å². The lowest BCUT2D eigenvalue weighted by molar-refractivity contribution is -0.0946. The highest BCUT2D eigenvalue weighted by Gasteiger charge is 2.15. The number of aromatic nitrogens is 2. The molecule has 15 heavy (non-hydrogen) atoms. The van der Waals surface area contributed by atoms with Gasteiger partial charge in [0.2, 0.25) is 0 Å². The van der Waals surface area contributed by atoms with Crippen LogP contribution in [-0.4, -0.2) is 35.7 Å². The Morgan fingerprint density at radius 1 is 1.53 bits per heavy atom. The van der Waals surface area contributed by atoms with E-state index in [2.05, 4.69) is 25.0 Å². The molecule has 0 spiro atoms. The Labute approximate surface area is 90.2 Å². The fourth-order valence-corrected chi connectivity index (χ4v) is 1.64. The van der Waals surface area contributed by atoms with Crippen molar-refractivity contribution in [2.75, 3.05) is 19.8 Å². The van der Waals surface area contributed by atoms with Crippen LogP contribution in [0.4, 0.5) is 0 Å². The molecule has 0 aliphatic carbocycles. The Morgan fingerprint density at radius 2 is 2.40 bits per heavy atom. The molecule has 0 N–H and O–H groups in total. The maximum Gasteiger partial charge on any atom is 0.100 e. The van der Waals surface area contributed by atoms with E-state index in [1.807, 2.05) is 10.9 Å². The molecular formula is C11H18N2O2. The summed E-state index contributed by atoms with van der Waals surface area (Å²) in [6, 6.07) is 2.06. The molecule has 0 amide bonds. The first-order valence-electron chi connectivity index (χ1n) is 5.48. The number of ether oxygens (including phenoxy) is 2. The van der Waals surface area contributed by atoms with Crippen LogP contribution in [0.1, 0.15) is 25.5 Å². The Bertz CT molecular complexity index is 303. The summed E-state index contributed by atoms with van der Waals surface area (Å²) in [4.78, 5) is 0. The lowest BCUT2D eigenvalue weighted by Gasteiger charge is -2.22. The third-order valence-electron chi connectivity index (χ3n) is 2.53. The van der Waals surface area contributed by atoms with Gasteiger partial charge in [0.15, 0.2) is 0 Å². The predicted octanol–water partition coefficient (Wildman–Crippen LogP) is 1.42. The zero-order valence-corrected chi connectivity index (χ0v) is 9.35. The number of hydrogen-bond acceptors (Lipinski definition) is 3. The number of rotatable bonds is 3. The van der Waals surface area contributed by atoms with Gasteiger partial charge in [-0.15, -0.1) is 0 Å². The maximum absolute atomic E-state index is 5.57. The largest absolute Gasteiger partial charge is 0.376 e. The Morgan fingerprint density at radius 3 is 3.00 bits per heavy atom. The summed E-state index contributed by atoms with van der Waals surface area (Å²) in [6.07, 6.45) is 2.16. The lowest BCUT2D eigenvalue weighted by Crippen LogP contribution is -2.32. The molecule has 0 aromatic carbocycles. The van der Waals surface area contributed by atoms with E-state index >= 15 is 0 Å². The average Bonchev–Trinajstić information content (AvgIpc) is 2.68. The Balaban J connectivity index is 1.91. The molecule has 1 fully saturated rings. The zero-order chi connectivity index (χ0) is 10.7. The fraction of sp³-hybridized carbons (Fsp3) is 0.727. The van der Waals surface area contributed by atoms with Crippen LogP contribution in [0.25, 0.3) is 0 Å². The van der Waals surface area contributed by atoms with Gasteiger partial charge >= 0.3 is 0 Å². The van der Waals surface area contributed by atoms with Gasteiger partial charge in [0, 0.05) is 6.20 Å². The van der Waals surface area contributed by atoms with Gasteiger partial charge < -0.3 is 9.47 Å². The average molecular weight is 210 g/mol. The third-order valence-corrected chi connectivity index (χ3v) is 2.53. The molecule has 1 unspecified atom stereocenters. The maximum atomic E-state index is 5.57. The van der Waals surface area contributed by atoms with Crippen molar-refractivity contribution in [2.24, 2.45) is 0 Å². The van der Waals surface area contributed by atoms with Crippen LogP contribution in [0.5, 0.6) is 0 Å². The SMILES string of the molecule is CC(C)c1ccn(CC2COCCO2)n1. The minimum Gasteiger partial charge on any atom is -0.376 e. The first kappa shape index (κ1) is 10.6. The van der Waals surface area contributed by atoms with E-state index in [0.29, 0.717) is 25.7 Å². The first-order valence-corrected chi connectivity index (χ1v) is 5.48. The Kier molecular flexibility index (Phi) is 3.38. The molecule has 1 aromatic rings. The van der Waals surface area contributed by atoms with E-state index in [9.17, 15) is 0 Å². The van der Waals surface area contributed by atoms with Gasteiger partial charge in [0.05, 0.1) is 32.1 Å². The van der Waals surface area contributed by atoms with Crippen LogP contribution >= 0.6 is 0 Å². The molecule has 1 atom stereocenters. The van der Waals surface area contributed by atoms with Crippen molar-refractivity contribution >= 4 is 0 Å². The molecule has 0 radical (unpaired) electrons. The van der Waals surface area contributed by atoms with Gasteiger partial charge in [-0.25, -0.2) is 0 Å². The van der Waals surface area contributed by atoms with Gasteiger partial charge in [0.1, 0.15) is 6.10 Å². The van der Waals surface area contributed by atoms with Crippen LogP contribution in [0.2, 0.25) is 0 Å². The van der Waals surface area contributed by atoms with Gasteiger partial charge in [-0.2, -0.15) is 5.10 Å². The molecule has 0 bridgehead atoms. The normalized spacial score (nSPS) is 22.2. The van der Waals surface area contributed by atoms with Crippen molar-refractivity contribution in [3.8, 4) is 0 Å². The fourth-order valence-electron chi connectivity index (χ4n) is 1.64. The number of nitrogens with zero attached hydrogens (tertiary/aromatic N) is 2. The minimum atomic E-state index is 0.152. The van der Waals surface area contributed by atoms with Crippen molar-refractivity contribution < 1.29 is 9.47 Å². The van der Waals surface area contributed by atoms with Crippen LogP contribution in [0.15, 0.2) is 12.3 Å². The highest BCUT2D eigenvalue weighted by atomic mass is 16.6. The van der Waals surface area contributed by atoms with Crippen LogP contribution in [-0.2, 0) is 16.0 Å². The molecule has 2 rings (SSSR count). The van der Waals surface area contributed by atoms with Crippen molar-refractivity contribution in [1.82, 2.24) is 9.78 Å². The molecule has 1 aliphatic rings. The molecule has 1 saturated heterocycles. The van der Waals surface area contributed by atoms with E-state index in [-0.39, 0.29) is 6.10 Å². The van der Waals surface area contributed by atoms with Gasteiger partial charge in [-0.05, 0) is 12.0 Å². The molecule has 4 heteroatoms. The van der Waals surface area contributed by atoms with Crippen molar-refractivity contribution in [1.29, 1.82) is 0 Å². The van der Waals surface area contributed by atoms with Crippen molar-refractivity contribution in [2.45, 2.75) is 32.4 Å². The Hall–Kier alpha value is -0.870. The summed E-state index contributed by atoms with van der Waals surface area (Å²) in [5.74, 6) is 0.481. The molecular weight excluding hydrogens is 192 g/mol. The second-order valence-corrected chi connectivity index (χ2v) is 4.19. The quantitative estimate of drug-likeness (QED) is 0.757. The van der Waals surface area contributed by atoms with Crippen LogP contribution in [0.3, 0.4) is 0 Å².